The summed E-state index contributed by atoms with van der Waals surface area (Å²) in [7, 11) is 0. The van der Waals surface area contributed by atoms with Gasteiger partial charge in [0.05, 0.1) is 0 Å². The summed E-state index contributed by atoms with van der Waals surface area (Å²) in [5.74, 6) is 1.17. The van der Waals surface area contributed by atoms with Gasteiger partial charge >= 0.3 is 0 Å². The molecule has 0 bridgehead atoms. The second-order valence-corrected chi connectivity index (χ2v) is 5.82. The SMILES string of the molecule is CC[C@@H](Oc1ccc(C)cc1C)C(=O)N[C@H](C)C(C)C. The van der Waals surface area contributed by atoms with E-state index in [1.165, 1.54) is 5.56 Å². The van der Waals surface area contributed by atoms with E-state index in [1.54, 1.807) is 0 Å². The summed E-state index contributed by atoms with van der Waals surface area (Å²) in [6, 6.07) is 6.16. The van der Waals surface area contributed by atoms with Crippen molar-refractivity contribution in [3.05, 3.63) is 29.3 Å². The smallest absolute Gasteiger partial charge is 0.261 e. The largest absolute Gasteiger partial charge is 0.480 e. The standard InChI is InChI=1S/C17H27NO2/c1-7-15(17(19)18-14(6)11(2)3)20-16-9-8-12(4)10-13(16)5/h8-11,14-15H,7H2,1-6H3,(H,18,19)/t14-,15-/m1/s1. The zero-order valence-electron chi connectivity index (χ0n) is 13.5. The minimum Gasteiger partial charge on any atom is -0.480 e. The Labute approximate surface area is 122 Å². The Morgan fingerprint density at radius 3 is 2.40 bits per heavy atom. The number of carbonyl (C=O) groups is 1. The van der Waals surface area contributed by atoms with Crippen LogP contribution in [0.3, 0.4) is 0 Å². The Balaban J connectivity index is 2.73. The van der Waals surface area contributed by atoms with Gasteiger partial charge in [0.2, 0.25) is 0 Å². The van der Waals surface area contributed by atoms with E-state index in [4.69, 9.17) is 4.74 Å². The van der Waals surface area contributed by atoms with Gasteiger partial charge in [-0.25, -0.2) is 0 Å². The topological polar surface area (TPSA) is 38.3 Å². The monoisotopic (exact) mass is 277 g/mol. The summed E-state index contributed by atoms with van der Waals surface area (Å²) in [5.41, 5.74) is 2.26. The zero-order chi connectivity index (χ0) is 15.3. The van der Waals surface area contributed by atoms with Gasteiger partial charge in [0.25, 0.3) is 5.91 Å². The van der Waals surface area contributed by atoms with Crippen LogP contribution in [0.1, 0.15) is 45.2 Å². The number of amides is 1. The van der Waals surface area contributed by atoms with Gasteiger partial charge in [0.15, 0.2) is 6.10 Å². The number of carbonyl (C=O) groups excluding carboxylic acids is 1. The van der Waals surface area contributed by atoms with Crippen molar-refractivity contribution >= 4 is 5.91 Å². The van der Waals surface area contributed by atoms with Crippen LogP contribution in [0.2, 0.25) is 0 Å². The second-order valence-electron chi connectivity index (χ2n) is 5.82. The fourth-order valence-corrected chi connectivity index (χ4v) is 1.89. The Morgan fingerprint density at radius 2 is 1.90 bits per heavy atom. The molecule has 1 aromatic carbocycles. The summed E-state index contributed by atoms with van der Waals surface area (Å²) in [6.07, 6.45) is 0.224. The molecule has 1 amide bonds. The molecule has 1 rings (SSSR count). The summed E-state index contributed by atoms with van der Waals surface area (Å²) < 4.78 is 5.88. The number of hydrogen-bond acceptors (Lipinski definition) is 2. The van der Waals surface area contributed by atoms with Gasteiger partial charge in [-0.2, -0.15) is 0 Å². The predicted octanol–water partition coefficient (Wildman–Crippen LogP) is 3.62. The molecule has 0 aliphatic carbocycles. The van der Waals surface area contributed by atoms with Crippen molar-refractivity contribution in [1.82, 2.24) is 5.32 Å². The van der Waals surface area contributed by atoms with E-state index in [1.807, 2.05) is 39.8 Å². The van der Waals surface area contributed by atoms with Crippen LogP contribution in [-0.2, 0) is 4.79 Å². The quantitative estimate of drug-likeness (QED) is 0.862. The lowest BCUT2D eigenvalue weighted by Gasteiger charge is -2.23. The van der Waals surface area contributed by atoms with Gasteiger partial charge in [-0.05, 0) is 44.7 Å². The number of benzene rings is 1. The summed E-state index contributed by atoms with van der Waals surface area (Å²) in [5, 5.41) is 3.02. The normalized spacial score (nSPS) is 13.9. The number of rotatable bonds is 6. The third-order valence-corrected chi connectivity index (χ3v) is 3.63. The molecule has 20 heavy (non-hydrogen) atoms. The fraction of sp³-hybridized carbons (Fsp3) is 0.588. The predicted molar refractivity (Wildman–Crippen MR) is 83.1 cm³/mol. The molecular formula is C17H27NO2. The van der Waals surface area contributed by atoms with Crippen molar-refractivity contribution in [2.24, 2.45) is 5.92 Å². The Morgan fingerprint density at radius 1 is 1.25 bits per heavy atom. The van der Waals surface area contributed by atoms with Crippen LogP contribution in [-0.4, -0.2) is 18.1 Å². The van der Waals surface area contributed by atoms with E-state index < -0.39 is 6.10 Å². The van der Waals surface area contributed by atoms with Crippen LogP contribution in [0.4, 0.5) is 0 Å². The van der Waals surface area contributed by atoms with E-state index in [9.17, 15) is 4.79 Å². The molecule has 0 saturated carbocycles. The lowest BCUT2D eigenvalue weighted by atomic mass is 10.1. The molecule has 0 aromatic heterocycles. The maximum absolute atomic E-state index is 12.2. The maximum atomic E-state index is 12.2. The minimum atomic E-state index is -0.433. The van der Waals surface area contributed by atoms with Crippen molar-refractivity contribution in [2.45, 2.75) is 60.1 Å². The van der Waals surface area contributed by atoms with Gasteiger partial charge in [-0.1, -0.05) is 38.5 Å². The molecule has 3 heteroatoms. The summed E-state index contributed by atoms with van der Waals surface area (Å²) >= 11 is 0. The van der Waals surface area contributed by atoms with Crippen LogP contribution in [0.25, 0.3) is 0 Å². The van der Waals surface area contributed by atoms with E-state index in [0.29, 0.717) is 12.3 Å². The van der Waals surface area contributed by atoms with Gasteiger partial charge in [0.1, 0.15) is 5.75 Å². The summed E-state index contributed by atoms with van der Waals surface area (Å²) in [4.78, 5) is 12.2. The molecule has 3 nitrogen and oxygen atoms in total. The van der Waals surface area contributed by atoms with E-state index in [-0.39, 0.29) is 11.9 Å². The fourth-order valence-electron chi connectivity index (χ4n) is 1.89. The molecule has 0 aliphatic heterocycles. The number of nitrogens with one attached hydrogen (secondary N) is 1. The molecule has 0 heterocycles. The number of ether oxygens (including phenoxy) is 1. The molecule has 1 aromatic rings. The second kappa shape index (κ2) is 7.32. The molecule has 0 saturated heterocycles. The van der Waals surface area contributed by atoms with E-state index in [2.05, 4.69) is 25.2 Å². The van der Waals surface area contributed by atoms with Crippen LogP contribution < -0.4 is 10.1 Å². The van der Waals surface area contributed by atoms with Crippen molar-refractivity contribution in [2.75, 3.05) is 0 Å². The Bertz CT molecular complexity index is 454. The van der Waals surface area contributed by atoms with Crippen LogP contribution in [0.5, 0.6) is 5.75 Å². The van der Waals surface area contributed by atoms with Crippen LogP contribution in [0, 0.1) is 19.8 Å². The maximum Gasteiger partial charge on any atom is 0.261 e. The lowest BCUT2D eigenvalue weighted by Crippen LogP contribution is -2.44. The van der Waals surface area contributed by atoms with Gasteiger partial charge in [-0.3, -0.25) is 4.79 Å². The highest BCUT2D eigenvalue weighted by molar-refractivity contribution is 5.81. The first-order valence-corrected chi connectivity index (χ1v) is 7.39. The van der Waals surface area contributed by atoms with Gasteiger partial charge in [0, 0.05) is 6.04 Å². The first-order chi connectivity index (χ1) is 9.35. The molecule has 0 fully saturated rings. The van der Waals surface area contributed by atoms with Gasteiger partial charge in [-0.15, -0.1) is 0 Å². The van der Waals surface area contributed by atoms with Gasteiger partial charge < -0.3 is 10.1 Å². The number of aryl methyl sites for hydroxylation is 2. The van der Waals surface area contributed by atoms with Crippen molar-refractivity contribution in [3.8, 4) is 5.75 Å². The third kappa shape index (κ3) is 4.55. The highest BCUT2D eigenvalue weighted by Gasteiger charge is 2.21. The average Bonchev–Trinajstić information content (AvgIpc) is 2.37. The molecule has 0 radical (unpaired) electrons. The van der Waals surface area contributed by atoms with Crippen LogP contribution >= 0.6 is 0 Å². The van der Waals surface area contributed by atoms with E-state index >= 15 is 0 Å². The third-order valence-electron chi connectivity index (χ3n) is 3.63. The van der Waals surface area contributed by atoms with E-state index in [0.717, 1.165) is 11.3 Å². The zero-order valence-corrected chi connectivity index (χ0v) is 13.5. The molecule has 1 N–H and O–H groups in total. The molecular weight excluding hydrogens is 250 g/mol. The van der Waals surface area contributed by atoms with Crippen LogP contribution in [0.15, 0.2) is 18.2 Å². The van der Waals surface area contributed by atoms with Crippen molar-refractivity contribution < 1.29 is 9.53 Å². The molecule has 2 atom stereocenters. The lowest BCUT2D eigenvalue weighted by molar-refractivity contribution is -0.129. The molecule has 0 spiro atoms. The Kier molecular flexibility index (Phi) is 6.05. The molecule has 0 aliphatic rings. The minimum absolute atomic E-state index is 0.0336. The first-order valence-electron chi connectivity index (χ1n) is 7.39. The Hall–Kier alpha value is -1.51. The first kappa shape index (κ1) is 16.5. The summed E-state index contributed by atoms with van der Waals surface area (Å²) in [6.45, 7) is 12.2. The molecule has 0 unspecified atom stereocenters. The highest BCUT2D eigenvalue weighted by atomic mass is 16.5. The molecule has 112 valence electrons. The van der Waals surface area contributed by atoms with Crippen molar-refractivity contribution in [3.63, 3.8) is 0 Å². The van der Waals surface area contributed by atoms with Crippen molar-refractivity contribution in [1.29, 1.82) is 0 Å². The average molecular weight is 277 g/mol. The highest BCUT2D eigenvalue weighted by Crippen LogP contribution is 2.21. The number of hydrogen-bond donors (Lipinski definition) is 1.